The largest absolute Gasteiger partial charge is 0.300 e. The molecule has 0 spiro atoms. The molecule has 3 nitrogen and oxygen atoms in total. The van der Waals surface area contributed by atoms with Crippen molar-refractivity contribution < 1.29 is 4.79 Å². The summed E-state index contributed by atoms with van der Waals surface area (Å²) in [4.78, 5) is 18.1. The van der Waals surface area contributed by atoms with Crippen molar-refractivity contribution in [2.45, 2.75) is 13.3 Å². The number of carbonyl (C=O) groups is 1. The van der Waals surface area contributed by atoms with Crippen LogP contribution in [-0.4, -0.2) is 15.8 Å². The number of carbonyl (C=O) groups excluding carboxylic acids is 1. The molecule has 1 aromatic rings. The SMILES string of the molecule is CC(=O)Cc1cnc(Cl)nc1. The van der Waals surface area contributed by atoms with Crippen molar-refractivity contribution in [3.8, 4) is 0 Å². The number of rotatable bonds is 2. The van der Waals surface area contributed by atoms with Gasteiger partial charge < -0.3 is 0 Å². The highest BCUT2D eigenvalue weighted by atomic mass is 35.5. The van der Waals surface area contributed by atoms with Crippen LogP contribution in [0.15, 0.2) is 12.4 Å². The number of halogens is 1. The predicted octanol–water partition coefficient (Wildman–Crippen LogP) is 1.26. The standard InChI is InChI=1S/C7H7ClN2O/c1-5(11)2-6-3-9-7(8)10-4-6/h3-4H,2H2,1H3. The van der Waals surface area contributed by atoms with Gasteiger partial charge in [0.25, 0.3) is 0 Å². The van der Waals surface area contributed by atoms with Crippen LogP contribution >= 0.6 is 11.6 Å². The van der Waals surface area contributed by atoms with E-state index in [9.17, 15) is 4.79 Å². The maximum atomic E-state index is 10.6. The number of ketones is 1. The first kappa shape index (κ1) is 8.14. The van der Waals surface area contributed by atoms with Crippen LogP contribution in [0.25, 0.3) is 0 Å². The average Bonchev–Trinajstić information content (AvgIpc) is 1.93. The highest BCUT2D eigenvalue weighted by molar-refractivity contribution is 6.28. The summed E-state index contributed by atoms with van der Waals surface area (Å²) in [6.07, 6.45) is 3.48. The number of Topliss-reactive ketones (excluding diaryl/α,β-unsaturated/α-hetero) is 1. The molecule has 0 radical (unpaired) electrons. The van der Waals surface area contributed by atoms with Gasteiger partial charge in [-0.3, -0.25) is 4.79 Å². The summed E-state index contributed by atoms with van der Waals surface area (Å²) in [6.45, 7) is 1.52. The second-order valence-corrected chi connectivity index (χ2v) is 2.58. The fourth-order valence-corrected chi connectivity index (χ4v) is 0.815. The molecule has 0 N–H and O–H groups in total. The summed E-state index contributed by atoms with van der Waals surface area (Å²) in [7, 11) is 0. The maximum Gasteiger partial charge on any atom is 0.222 e. The molecule has 11 heavy (non-hydrogen) atoms. The van der Waals surface area contributed by atoms with Crippen molar-refractivity contribution in [1.82, 2.24) is 9.97 Å². The third-order valence-electron chi connectivity index (χ3n) is 1.13. The average molecular weight is 171 g/mol. The maximum absolute atomic E-state index is 10.6. The third kappa shape index (κ3) is 2.63. The first-order chi connectivity index (χ1) is 5.18. The lowest BCUT2D eigenvalue weighted by Gasteiger charge is -1.94. The zero-order chi connectivity index (χ0) is 8.27. The second-order valence-electron chi connectivity index (χ2n) is 2.24. The topological polar surface area (TPSA) is 42.9 Å². The van der Waals surface area contributed by atoms with Crippen LogP contribution in [0.4, 0.5) is 0 Å². The van der Waals surface area contributed by atoms with Gasteiger partial charge in [-0.25, -0.2) is 9.97 Å². The summed E-state index contributed by atoms with van der Waals surface area (Å²) >= 11 is 5.44. The van der Waals surface area contributed by atoms with E-state index in [0.29, 0.717) is 6.42 Å². The Kier molecular flexibility index (Phi) is 2.54. The van der Waals surface area contributed by atoms with Crippen molar-refractivity contribution in [2.24, 2.45) is 0 Å². The minimum absolute atomic E-state index is 0.0934. The summed E-state index contributed by atoms with van der Waals surface area (Å²) < 4.78 is 0. The molecular formula is C7H7ClN2O. The molecule has 1 heterocycles. The number of nitrogens with zero attached hydrogens (tertiary/aromatic N) is 2. The zero-order valence-electron chi connectivity index (χ0n) is 6.04. The van der Waals surface area contributed by atoms with E-state index in [1.165, 1.54) is 6.92 Å². The second kappa shape index (κ2) is 3.44. The molecule has 58 valence electrons. The number of hydrogen-bond donors (Lipinski definition) is 0. The van der Waals surface area contributed by atoms with E-state index >= 15 is 0 Å². The smallest absolute Gasteiger partial charge is 0.222 e. The van der Waals surface area contributed by atoms with Crippen LogP contribution in [-0.2, 0) is 11.2 Å². The summed E-state index contributed by atoms with van der Waals surface area (Å²) in [5, 5.41) is 0.206. The Balaban J connectivity index is 2.74. The molecule has 0 atom stereocenters. The van der Waals surface area contributed by atoms with Gasteiger partial charge in [-0.05, 0) is 24.1 Å². The Morgan fingerprint density at radius 2 is 2.09 bits per heavy atom. The van der Waals surface area contributed by atoms with Crippen molar-refractivity contribution in [2.75, 3.05) is 0 Å². The molecule has 1 aromatic heterocycles. The first-order valence-electron chi connectivity index (χ1n) is 3.14. The van der Waals surface area contributed by atoms with Gasteiger partial charge in [0.1, 0.15) is 5.78 Å². The molecule has 0 bridgehead atoms. The molecule has 0 unspecified atom stereocenters. The minimum atomic E-state index is 0.0934. The number of aromatic nitrogens is 2. The van der Waals surface area contributed by atoms with Crippen LogP contribution in [0.3, 0.4) is 0 Å². The normalized spacial score (nSPS) is 9.64. The van der Waals surface area contributed by atoms with Gasteiger partial charge in [0, 0.05) is 18.8 Å². The zero-order valence-corrected chi connectivity index (χ0v) is 6.80. The van der Waals surface area contributed by atoms with Crippen LogP contribution in [0.5, 0.6) is 0 Å². The molecule has 0 fully saturated rings. The van der Waals surface area contributed by atoms with E-state index in [0.717, 1.165) is 5.56 Å². The Morgan fingerprint density at radius 3 is 2.55 bits per heavy atom. The fraction of sp³-hybridized carbons (Fsp3) is 0.286. The highest BCUT2D eigenvalue weighted by Gasteiger charge is 1.97. The molecule has 0 aliphatic carbocycles. The van der Waals surface area contributed by atoms with Crippen molar-refractivity contribution in [3.63, 3.8) is 0 Å². The minimum Gasteiger partial charge on any atom is -0.300 e. The lowest BCUT2D eigenvalue weighted by Crippen LogP contribution is -1.97. The molecule has 0 aromatic carbocycles. The van der Waals surface area contributed by atoms with Crippen molar-refractivity contribution in [1.29, 1.82) is 0 Å². The quantitative estimate of drug-likeness (QED) is 0.628. The van der Waals surface area contributed by atoms with Gasteiger partial charge in [0.2, 0.25) is 5.28 Å². The van der Waals surface area contributed by atoms with Crippen molar-refractivity contribution in [3.05, 3.63) is 23.2 Å². The van der Waals surface area contributed by atoms with Gasteiger partial charge in [0.05, 0.1) is 0 Å². The van der Waals surface area contributed by atoms with E-state index < -0.39 is 0 Å². The van der Waals surface area contributed by atoms with Crippen LogP contribution in [0, 0.1) is 0 Å². The van der Waals surface area contributed by atoms with Gasteiger partial charge >= 0.3 is 0 Å². The molecule has 0 saturated carbocycles. The van der Waals surface area contributed by atoms with E-state index in [2.05, 4.69) is 9.97 Å². The third-order valence-corrected chi connectivity index (χ3v) is 1.32. The van der Waals surface area contributed by atoms with Crippen LogP contribution < -0.4 is 0 Å². The molecule has 0 amide bonds. The van der Waals surface area contributed by atoms with Crippen LogP contribution in [0.1, 0.15) is 12.5 Å². The lowest BCUT2D eigenvalue weighted by atomic mass is 10.2. The Bertz CT molecular complexity index is 258. The fourth-order valence-electron chi connectivity index (χ4n) is 0.718. The summed E-state index contributed by atoms with van der Waals surface area (Å²) in [5.74, 6) is 0.0934. The Labute approximate surface area is 69.4 Å². The molecule has 0 saturated heterocycles. The van der Waals surface area contributed by atoms with Gasteiger partial charge in [-0.15, -0.1) is 0 Å². The lowest BCUT2D eigenvalue weighted by molar-refractivity contribution is -0.116. The predicted molar refractivity (Wildman–Crippen MR) is 41.4 cm³/mol. The van der Waals surface area contributed by atoms with E-state index in [1.54, 1.807) is 12.4 Å². The van der Waals surface area contributed by atoms with Gasteiger partial charge in [-0.1, -0.05) is 0 Å². The molecular weight excluding hydrogens is 164 g/mol. The van der Waals surface area contributed by atoms with E-state index in [4.69, 9.17) is 11.6 Å². The molecule has 0 aliphatic heterocycles. The summed E-state index contributed by atoms with van der Waals surface area (Å²) in [6, 6.07) is 0. The van der Waals surface area contributed by atoms with Crippen molar-refractivity contribution >= 4 is 17.4 Å². The number of hydrogen-bond acceptors (Lipinski definition) is 3. The van der Waals surface area contributed by atoms with Gasteiger partial charge in [0.15, 0.2) is 0 Å². The first-order valence-corrected chi connectivity index (χ1v) is 3.52. The Hall–Kier alpha value is -0.960. The van der Waals surface area contributed by atoms with E-state index in [1.807, 2.05) is 0 Å². The Morgan fingerprint density at radius 1 is 1.55 bits per heavy atom. The molecule has 0 aliphatic rings. The molecule has 4 heteroatoms. The van der Waals surface area contributed by atoms with Crippen LogP contribution in [0.2, 0.25) is 5.28 Å². The molecule has 1 rings (SSSR count). The van der Waals surface area contributed by atoms with E-state index in [-0.39, 0.29) is 11.1 Å². The van der Waals surface area contributed by atoms with Gasteiger partial charge in [-0.2, -0.15) is 0 Å². The monoisotopic (exact) mass is 170 g/mol. The summed E-state index contributed by atoms with van der Waals surface area (Å²) in [5.41, 5.74) is 0.793. The highest BCUT2D eigenvalue weighted by Crippen LogP contribution is 2.01.